The average molecular weight is 325 g/mol. The first-order chi connectivity index (χ1) is 10.1. The van der Waals surface area contributed by atoms with E-state index in [2.05, 4.69) is 19.8 Å². The molecule has 1 aromatic heterocycles. The Bertz CT molecular complexity index is 628. The molecular formula is C16H22ClFN4. The van der Waals surface area contributed by atoms with E-state index in [4.69, 9.17) is 0 Å². The predicted octanol–water partition coefficient (Wildman–Crippen LogP) is 2.44. The molecule has 0 spiro atoms. The first-order valence-corrected chi connectivity index (χ1v) is 7.32. The zero-order chi connectivity index (χ0) is 14.8. The fraction of sp³-hybridized carbons (Fsp3) is 0.438. The summed E-state index contributed by atoms with van der Waals surface area (Å²) in [7, 11) is 2.02. The zero-order valence-corrected chi connectivity index (χ0v) is 13.7. The van der Waals surface area contributed by atoms with E-state index in [1.807, 2.05) is 38.5 Å². The third-order valence-corrected chi connectivity index (χ3v) is 4.12. The molecule has 1 aliphatic heterocycles. The normalized spacial score (nSPS) is 19.0. The Morgan fingerprint density at radius 2 is 2.23 bits per heavy atom. The van der Waals surface area contributed by atoms with Gasteiger partial charge in [0.15, 0.2) is 0 Å². The van der Waals surface area contributed by atoms with Crippen LogP contribution in [0.3, 0.4) is 0 Å². The highest BCUT2D eigenvalue weighted by Crippen LogP contribution is 2.23. The van der Waals surface area contributed by atoms with E-state index < -0.39 is 0 Å². The molecule has 22 heavy (non-hydrogen) atoms. The Labute approximate surface area is 136 Å². The van der Waals surface area contributed by atoms with Crippen LogP contribution in [0.2, 0.25) is 0 Å². The molecule has 1 atom stereocenters. The lowest BCUT2D eigenvalue weighted by Gasteiger charge is -2.35. The Hall–Kier alpha value is -1.43. The van der Waals surface area contributed by atoms with Gasteiger partial charge >= 0.3 is 0 Å². The highest BCUT2D eigenvalue weighted by atomic mass is 35.5. The number of piperazine rings is 1. The van der Waals surface area contributed by atoms with Crippen LogP contribution in [0.5, 0.6) is 0 Å². The van der Waals surface area contributed by atoms with E-state index in [1.54, 1.807) is 6.07 Å². The number of imidazole rings is 1. The summed E-state index contributed by atoms with van der Waals surface area (Å²) in [6.45, 7) is 5.47. The maximum atomic E-state index is 13.4. The fourth-order valence-electron chi connectivity index (χ4n) is 2.93. The van der Waals surface area contributed by atoms with Crippen LogP contribution in [-0.2, 0) is 13.6 Å². The van der Waals surface area contributed by atoms with E-state index in [0.29, 0.717) is 5.56 Å². The van der Waals surface area contributed by atoms with Crippen molar-refractivity contribution in [3.63, 3.8) is 0 Å². The predicted molar refractivity (Wildman–Crippen MR) is 87.6 cm³/mol. The molecule has 0 saturated carbocycles. The van der Waals surface area contributed by atoms with Crippen molar-refractivity contribution in [1.29, 1.82) is 0 Å². The van der Waals surface area contributed by atoms with Gasteiger partial charge in [-0.1, -0.05) is 12.1 Å². The molecule has 1 aliphatic rings. The van der Waals surface area contributed by atoms with Gasteiger partial charge in [-0.05, 0) is 24.1 Å². The minimum atomic E-state index is -0.139. The van der Waals surface area contributed by atoms with Crippen LogP contribution in [0.15, 0.2) is 30.6 Å². The lowest BCUT2D eigenvalue weighted by molar-refractivity contribution is 0.144. The first kappa shape index (κ1) is 16.9. The number of nitrogens with zero attached hydrogens (tertiary/aromatic N) is 3. The molecule has 1 aromatic carbocycles. The van der Waals surface area contributed by atoms with Gasteiger partial charge in [-0.25, -0.2) is 9.37 Å². The quantitative estimate of drug-likeness (QED) is 0.941. The smallest absolute Gasteiger partial charge is 0.127 e. The van der Waals surface area contributed by atoms with Crippen molar-refractivity contribution in [3.8, 4) is 0 Å². The lowest BCUT2D eigenvalue weighted by atomic mass is 10.1. The lowest BCUT2D eigenvalue weighted by Crippen LogP contribution is -2.46. The van der Waals surface area contributed by atoms with Gasteiger partial charge in [-0.15, -0.1) is 12.4 Å². The standard InChI is InChI=1S/C16H21FN4.ClH/c1-12-9-13(3-4-14(12)17)11-21-8-5-18-10-15(21)16-19-6-7-20(16)2;/h3-4,6-7,9,15,18H,5,8,10-11H2,1-2H3;1H. The molecule has 120 valence electrons. The molecular weight excluding hydrogens is 303 g/mol. The molecule has 4 nitrogen and oxygen atoms in total. The largest absolute Gasteiger partial charge is 0.337 e. The van der Waals surface area contributed by atoms with Crippen LogP contribution in [0, 0.1) is 12.7 Å². The minimum Gasteiger partial charge on any atom is -0.337 e. The van der Waals surface area contributed by atoms with Crippen molar-refractivity contribution in [3.05, 3.63) is 53.4 Å². The number of benzene rings is 1. The number of halogens is 2. The summed E-state index contributed by atoms with van der Waals surface area (Å²) >= 11 is 0. The van der Waals surface area contributed by atoms with Gasteiger partial charge in [-0.3, -0.25) is 4.90 Å². The highest BCUT2D eigenvalue weighted by molar-refractivity contribution is 5.85. The highest BCUT2D eigenvalue weighted by Gasteiger charge is 2.26. The van der Waals surface area contributed by atoms with E-state index >= 15 is 0 Å². The molecule has 2 heterocycles. The maximum absolute atomic E-state index is 13.4. The molecule has 3 rings (SSSR count). The molecule has 0 aliphatic carbocycles. The molecule has 0 radical (unpaired) electrons. The summed E-state index contributed by atoms with van der Waals surface area (Å²) in [5.74, 6) is 0.931. The second-order valence-electron chi connectivity index (χ2n) is 5.67. The average Bonchev–Trinajstić information content (AvgIpc) is 2.90. The molecule has 0 bridgehead atoms. The van der Waals surface area contributed by atoms with Crippen LogP contribution in [-0.4, -0.2) is 34.1 Å². The van der Waals surface area contributed by atoms with E-state index in [9.17, 15) is 4.39 Å². The second-order valence-corrected chi connectivity index (χ2v) is 5.67. The second kappa shape index (κ2) is 7.22. The topological polar surface area (TPSA) is 33.1 Å². The SMILES string of the molecule is Cc1cc(CN2CCNCC2c2nccn2C)ccc1F.Cl. The van der Waals surface area contributed by atoms with Gasteiger partial charge in [-0.2, -0.15) is 0 Å². The van der Waals surface area contributed by atoms with Gasteiger partial charge in [0.25, 0.3) is 0 Å². The molecule has 0 amide bonds. The molecule has 1 saturated heterocycles. The summed E-state index contributed by atoms with van der Waals surface area (Å²) in [5.41, 5.74) is 1.85. The molecule has 1 unspecified atom stereocenters. The zero-order valence-electron chi connectivity index (χ0n) is 12.9. The number of hydrogen-bond donors (Lipinski definition) is 1. The number of nitrogens with one attached hydrogen (secondary N) is 1. The van der Waals surface area contributed by atoms with Crippen molar-refractivity contribution in [2.45, 2.75) is 19.5 Å². The van der Waals surface area contributed by atoms with Gasteiger partial charge < -0.3 is 9.88 Å². The number of rotatable bonds is 3. The molecule has 2 aromatic rings. The third-order valence-electron chi connectivity index (χ3n) is 4.12. The van der Waals surface area contributed by atoms with Crippen LogP contribution < -0.4 is 5.32 Å². The summed E-state index contributed by atoms with van der Waals surface area (Å²) < 4.78 is 15.5. The number of aryl methyl sites for hydroxylation is 2. The van der Waals surface area contributed by atoms with Crippen LogP contribution in [0.4, 0.5) is 4.39 Å². The van der Waals surface area contributed by atoms with E-state index in [-0.39, 0.29) is 24.3 Å². The number of hydrogen-bond acceptors (Lipinski definition) is 3. The van der Waals surface area contributed by atoms with Crippen molar-refractivity contribution < 1.29 is 4.39 Å². The first-order valence-electron chi connectivity index (χ1n) is 7.32. The Morgan fingerprint density at radius 1 is 1.41 bits per heavy atom. The van der Waals surface area contributed by atoms with Gasteiger partial charge in [0, 0.05) is 45.6 Å². The monoisotopic (exact) mass is 324 g/mol. The summed E-state index contributed by atoms with van der Waals surface area (Å²) in [4.78, 5) is 6.89. The summed E-state index contributed by atoms with van der Waals surface area (Å²) in [6.07, 6.45) is 3.81. The summed E-state index contributed by atoms with van der Waals surface area (Å²) in [5, 5.41) is 3.43. The van der Waals surface area contributed by atoms with Crippen molar-refractivity contribution in [1.82, 2.24) is 19.8 Å². The Morgan fingerprint density at radius 3 is 2.91 bits per heavy atom. The third kappa shape index (κ3) is 3.48. The van der Waals surface area contributed by atoms with Crippen LogP contribution in [0.25, 0.3) is 0 Å². The van der Waals surface area contributed by atoms with Gasteiger partial charge in [0.1, 0.15) is 11.6 Å². The molecule has 6 heteroatoms. The maximum Gasteiger partial charge on any atom is 0.127 e. The number of aromatic nitrogens is 2. The van der Waals surface area contributed by atoms with Crippen molar-refractivity contribution in [2.24, 2.45) is 7.05 Å². The Kier molecular flexibility index (Phi) is 5.56. The molecule has 1 N–H and O–H groups in total. The van der Waals surface area contributed by atoms with Gasteiger partial charge in [0.05, 0.1) is 6.04 Å². The van der Waals surface area contributed by atoms with Gasteiger partial charge in [0.2, 0.25) is 0 Å². The van der Waals surface area contributed by atoms with Crippen molar-refractivity contribution in [2.75, 3.05) is 19.6 Å². The van der Waals surface area contributed by atoms with Crippen molar-refractivity contribution >= 4 is 12.4 Å². The Balaban J connectivity index is 0.00000176. The minimum absolute atomic E-state index is 0. The fourth-order valence-corrected chi connectivity index (χ4v) is 2.93. The van der Waals surface area contributed by atoms with Crippen LogP contribution in [0.1, 0.15) is 23.0 Å². The van der Waals surface area contributed by atoms with E-state index in [0.717, 1.165) is 37.6 Å². The van der Waals surface area contributed by atoms with E-state index in [1.165, 1.54) is 0 Å². The van der Waals surface area contributed by atoms with Crippen LogP contribution >= 0.6 is 12.4 Å². The summed E-state index contributed by atoms with van der Waals surface area (Å²) in [6, 6.07) is 5.62. The molecule has 1 fully saturated rings.